The van der Waals surface area contributed by atoms with Crippen LogP contribution in [0.1, 0.15) is 48.5 Å². The topological polar surface area (TPSA) is 75.4 Å². The lowest BCUT2D eigenvalue weighted by molar-refractivity contribution is 0.0696. The van der Waals surface area contributed by atoms with Crippen molar-refractivity contribution in [2.45, 2.75) is 39.2 Å². The Hall–Kier alpha value is -2.30. The first-order chi connectivity index (χ1) is 9.95. The van der Waals surface area contributed by atoms with Crippen LogP contribution in [0.4, 0.5) is 5.82 Å². The highest BCUT2D eigenvalue weighted by atomic mass is 16.4. The summed E-state index contributed by atoms with van der Waals surface area (Å²) < 4.78 is 5.31. The van der Waals surface area contributed by atoms with E-state index in [1.807, 2.05) is 32.9 Å². The van der Waals surface area contributed by atoms with Crippen molar-refractivity contribution in [1.29, 1.82) is 0 Å². The first-order valence-corrected chi connectivity index (χ1v) is 7.00. The van der Waals surface area contributed by atoms with Gasteiger partial charge in [0.15, 0.2) is 0 Å². The van der Waals surface area contributed by atoms with Crippen molar-refractivity contribution < 1.29 is 14.3 Å². The van der Waals surface area contributed by atoms with Gasteiger partial charge in [0.05, 0.1) is 11.8 Å². The minimum absolute atomic E-state index is 0.0905. The highest BCUT2D eigenvalue weighted by Crippen LogP contribution is 2.19. The van der Waals surface area contributed by atoms with Gasteiger partial charge in [0.2, 0.25) is 0 Å². The number of hydrogen-bond donors (Lipinski definition) is 2. The molecule has 0 amide bonds. The number of nitrogens with zero attached hydrogens (tertiary/aromatic N) is 1. The molecule has 1 unspecified atom stereocenters. The fraction of sp³-hybridized carbons (Fsp3) is 0.375. The number of aromatic nitrogens is 1. The van der Waals surface area contributed by atoms with Crippen LogP contribution < -0.4 is 5.32 Å². The van der Waals surface area contributed by atoms with Crippen LogP contribution in [0.25, 0.3) is 0 Å². The van der Waals surface area contributed by atoms with Gasteiger partial charge in [0, 0.05) is 18.2 Å². The third kappa shape index (κ3) is 4.08. The fourth-order valence-corrected chi connectivity index (χ4v) is 2.08. The molecule has 0 aromatic carbocycles. The molecule has 1 atom stereocenters. The summed E-state index contributed by atoms with van der Waals surface area (Å²) in [5.41, 5.74) is 1.02. The molecule has 2 N–H and O–H groups in total. The summed E-state index contributed by atoms with van der Waals surface area (Å²) in [7, 11) is 0. The first-order valence-electron chi connectivity index (χ1n) is 7.00. The number of carboxylic acid groups (broad SMARTS) is 1. The summed E-state index contributed by atoms with van der Waals surface area (Å²) in [4.78, 5) is 15.7. The lowest BCUT2D eigenvalue weighted by Crippen LogP contribution is -2.19. The molecule has 0 aliphatic carbocycles. The molecular weight excluding hydrogens is 268 g/mol. The van der Waals surface area contributed by atoms with Crippen molar-refractivity contribution in [3.8, 4) is 0 Å². The Morgan fingerprint density at radius 2 is 2.14 bits per heavy atom. The molecule has 112 valence electrons. The number of pyridine rings is 1. The maximum atomic E-state index is 11.2. The van der Waals surface area contributed by atoms with E-state index in [-0.39, 0.29) is 17.5 Å². The Morgan fingerprint density at radius 1 is 1.38 bits per heavy atom. The van der Waals surface area contributed by atoms with Gasteiger partial charge in [0.25, 0.3) is 0 Å². The molecule has 0 aliphatic heterocycles. The Labute approximate surface area is 124 Å². The van der Waals surface area contributed by atoms with Crippen LogP contribution in [-0.2, 0) is 6.42 Å². The molecule has 2 aromatic rings. The van der Waals surface area contributed by atoms with Gasteiger partial charge in [-0.2, -0.15) is 0 Å². The highest BCUT2D eigenvalue weighted by molar-refractivity contribution is 5.88. The normalized spacial score (nSPS) is 12.4. The van der Waals surface area contributed by atoms with Crippen LogP contribution in [0.3, 0.4) is 0 Å². The summed E-state index contributed by atoms with van der Waals surface area (Å²) in [5, 5.41) is 12.4. The fourth-order valence-electron chi connectivity index (χ4n) is 2.08. The van der Waals surface area contributed by atoms with Crippen molar-refractivity contribution in [1.82, 2.24) is 4.98 Å². The van der Waals surface area contributed by atoms with Gasteiger partial charge in [-0.05, 0) is 37.1 Å². The van der Waals surface area contributed by atoms with E-state index in [1.165, 1.54) is 0 Å². The van der Waals surface area contributed by atoms with Crippen LogP contribution in [0.2, 0.25) is 0 Å². The van der Waals surface area contributed by atoms with E-state index in [2.05, 4.69) is 10.3 Å². The highest BCUT2D eigenvalue weighted by Gasteiger charge is 2.13. The van der Waals surface area contributed by atoms with Gasteiger partial charge in [-0.25, -0.2) is 9.78 Å². The average Bonchev–Trinajstić information content (AvgIpc) is 2.90. The molecule has 5 heteroatoms. The number of nitrogens with one attached hydrogen (secondary N) is 1. The van der Waals surface area contributed by atoms with Crippen molar-refractivity contribution in [2.75, 3.05) is 5.32 Å². The Morgan fingerprint density at radius 3 is 2.71 bits per heavy atom. The Balaban J connectivity index is 2.16. The minimum Gasteiger partial charge on any atom is -0.478 e. The molecule has 0 aliphatic rings. The number of rotatable bonds is 6. The molecule has 21 heavy (non-hydrogen) atoms. The van der Waals surface area contributed by atoms with E-state index in [1.54, 1.807) is 18.4 Å². The van der Waals surface area contributed by atoms with E-state index < -0.39 is 5.97 Å². The molecule has 0 saturated carbocycles. The van der Waals surface area contributed by atoms with Gasteiger partial charge < -0.3 is 14.8 Å². The number of aromatic carboxylic acids is 1. The molecule has 5 nitrogen and oxygen atoms in total. The van der Waals surface area contributed by atoms with Crippen LogP contribution >= 0.6 is 0 Å². The van der Waals surface area contributed by atoms with Crippen LogP contribution in [0, 0.1) is 0 Å². The smallest absolute Gasteiger partial charge is 0.335 e. The number of carbonyl (C=O) groups is 1. The lowest BCUT2D eigenvalue weighted by Gasteiger charge is -2.15. The summed E-state index contributed by atoms with van der Waals surface area (Å²) in [6, 6.07) is 7.04. The zero-order valence-electron chi connectivity index (χ0n) is 12.5. The molecular formula is C16H20N2O3. The summed E-state index contributed by atoms with van der Waals surface area (Å²) in [6.45, 7) is 5.99. The van der Waals surface area contributed by atoms with Crippen LogP contribution in [0.15, 0.2) is 34.9 Å². The quantitative estimate of drug-likeness (QED) is 0.850. The maximum absolute atomic E-state index is 11.2. The van der Waals surface area contributed by atoms with E-state index in [0.29, 0.717) is 12.2 Å². The van der Waals surface area contributed by atoms with Crippen LogP contribution in [-0.4, -0.2) is 22.1 Å². The third-order valence-corrected chi connectivity index (χ3v) is 3.17. The lowest BCUT2D eigenvalue weighted by atomic mass is 10.1. The zero-order chi connectivity index (χ0) is 15.4. The average molecular weight is 288 g/mol. The molecule has 0 spiro atoms. The van der Waals surface area contributed by atoms with E-state index in [4.69, 9.17) is 4.42 Å². The molecule has 2 rings (SSSR count). The molecule has 0 bridgehead atoms. The number of carboxylic acids is 1. The molecule has 0 saturated heterocycles. The van der Waals surface area contributed by atoms with Crippen molar-refractivity contribution in [2.24, 2.45) is 0 Å². The Kier molecular flexibility index (Phi) is 4.62. The molecule has 2 aromatic heterocycles. The standard InChI is InChI=1S/C16H20N2O3/c1-10(2)14-8-12(16(19)20)9-15(18-14)17-11(3)7-13-5-4-6-21-13/h4-6,8-11H,7H2,1-3H3,(H,17,18)(H,19,20). The number of furan rings is 1. The summed E-state index contributed by atoms with van der Waals surface area (Å²) in [6.07, 6.45) is 2.35. The van der Waals surface area contributed by atoms with E-state index in [9.17, 15) is 9.90 Å². The van der Waals surface area contributed by atoms with E-state index >= 15 is 0 Å². The van der Waals surface area contributed by atoms with Crippen molar-refractivity contribution in [3.63, 3.8) is 0 Å². The molecule has 2 heterocycles. The number of hydrogen-bond acceptors (Lipinski definition) is 4. The van der Waals surface area contributed by atoms with Gasteiger partial charge in [-0.3, -0.25) is 0 Å². The second kappa shape index (κ2) is 6.43. The first kappa shape index (κ1) is 15.1. The second-order valence-electron chi connectivity index (χ2n) is 5.45. The predicted molar refractivity (Wildman–Crippen MR) is 80.8 cm³/mol. The Bertz CT molecular complexity index is 606. The van der Waals surface area contributed by atoms with Crippen LogP contribution in [0.5, 0.6) is 0 Å². The SMILES string of the molecule is CC(Cc1ccco1)Nc1cc(C(=O)O)cc(C(C)C)n1. The molecule has 0 radical (unpaired) electrons. The minimum atomic E-state index is -0.943. The second-order valence-corrected chi connectivity index (χ2v) is 5.45. The monoisotopic (exact) mass is 288 g/mol. The maximum Gasteiger partial charge on any atom is 0.335 e. The molecule has 0 fully saturated rings. The van der Waals surface area contributed by atoms with Gasteiger partial charge in [-0.1, -0.05) is 13.8 Å². The van der Waals surface area contributed by atoms with Gasteiger partial charge in [0.1, 0.15) is 11.6 Å². The van der Waals surface area contributed by atoms with Crippen molar-refractivity contribution >= 4 is 11.8 Å². The predicted octanol–water partition coefficient (Wildman–Crippen LogP) is 3.54. The van der Waals surface area contributed by atoms with E-state index in [0.717, 1.165) is 11.5 Å². The summed E-state index contributed by atoms with van der Waals surface area (Å²) >= 11 is 0. The van der Waals surface area contributed by atoms with Gasteiger partial charge in [-0.15, -0.1) is 0 Å². The zero-order valence-corrected chi connectivity index (χ0v) is 12.5. The van der Waals surface area contributed by atoms with Gasteiger partial charge >= 0.3 is 5.97 Å². The van der Waals surface area contributed by atoms with Crippen molar-refractivity contribution in [3.05, 3.63) is 47.5 Å². The summed E-state index contributed by atoms with van der Waals surface area (Å²) in [5.74, 6) is 0.692. The largest absolute Gasteiger partial charge is 0.478 e. The third-order valence-electron chi connectivity index (χ3n) is 3.17. The number of anilines is 1.